The summed E-state index contributed by atoms with van der Waals surface area (Å²) in [6.07, 6.45) is 2.23. The van der Waals surface area contributed by atoms with Crippen LogP contribution in [0.2, 0.25) is 0 Å². The molecule has 1 aromatic rings. The van der Waals surface area contributed by atoms with E-state index in [1.165, 1.54) is 13.2 Å². The molecule has 0 saturated heterocycles. The zero-order chi connectivity index (χ0) is 14.2. The smallest absolute Gasteiger partial charge is 0.313 e. The third-order valence-corrected chi connectivity index (χ3v) is 3.52. The van der Waals surface area contributed by atoms with Crippen LogP contribution in [0.15, 0.2) is 12.1 Å². The molecular formula is C13H17FN2O3. The molecule has 0 radical (unpaired) electrons. The fraction of sp³-hybridized carbons (Fsp3) is 0.538. The van der Waals surface area contributed by atoms with Crippen molar-refractivity contribution in [1.82, 2.24) is 0 Å². The van der Waals surface area contributed by atoms with Crippen LogP contribution in [-0.2, 0) is 0 Å². The van der Waals surface area contributed by atoms with Gasteiger partial charge >= 0.3 is 5.69 Å². The minimum Gasteiger partial charge on any atom is -0.490 e. The maximum atomic E-state index is 13.9. The summed E-state index contributed by atoms with van der Waals surface area (Å²) < 4.78 is 18.9. The van der Waals surface area contributed by atoms with Crippen molar-refractivity contribution in [2.75, 3.05) is 12.4 Å². The van der Waals surface area contributed by atoms with Gasteiger partial charge in [-0.25, -0.2) is 4.39 Å². The van der Waals surface area contributed by atoms with Crippen LogP contribution in [0.4, 0.5) is 15.8 Å². The Morgan fingerprint density at radius 3 is 2.58 bits per heavy atom. The van der Waals surface area contributed by atoms with Crippen LogP contribution < -0.4 is 10.1 Å². The van der Waals surface area contributed by atoms with Gasteiger partial charge in [0.05, 0.1) is 23.8 Å². The first-order chi connectivity index (χ1) is 8.85. The van der Waals surface area contributed by atoms with E-state index in [1.54, 1.807) is 0 Å². The molecule has 0 bridgehead atoms. The van der Waals surface area contributed by atoms with E-state index in [0.717, 1.165) is 18.9 Å². The first kappa shape index (κ1) is 13.6. The molecule has 1 fully saturated rings. The van der Waals surface area contributed by atoms with Gasteiger partial charge in [0.1, 0.15) is 0 Å². The quantitative estimate of drug-likeness (QED) is 0.657. The standard InChI is InChI=1S/C13H17FN2O3/c1-13(2,8-4-5-8)15-10-7-12(19-3)11(16(17)18)6-9(10)14/h6-8,15H,4-5H2,1-3H3. The third kappa shape index (κ3) is 2.77. The highest BCUT2D eigenvalue weighted by Crippen LogP contribution is 2.42. The van der Waals surface area contributed by atoms with E-state index in [-0.39, 0.29) is 22.7 Å². The van der Waals surface area contributed by atoms with E-state index in [9.17, 15) is 14.5 Å². The number of nitro benzene ring substituents is 1. The molecule has 0 amide bonds. The minimum absolute atomic E-state index is 0.0560. The van der Waals surface area contributed by atoms with Gasteiger partial charge < -0.3 is 10.1 Å². The summed E-state index contributed by atoms with van der Waals surface area (Å²) in [5.74, 6) is -0.0743. The highest BCUT2D eigenvalue weighted by atomic mass is 19.1. The Labute approximate surface area is 110 Å². The molecule has 2 rings (SSSR count). The van der Waals surface area contributed by atoms with E-state index in [4.69, 9.17) is 4.74 Å². The molecule has 0 heterocycles. The number of methoxy groups -OCH3 is 1. The SMILES string of the molecule is COc1cc(NC(C)(C)C2CC2)c(F)cc1[N+](=O)[O-]. The Hall–Kier alpha value is -1.85. The van der Waals surface area contributed by atoms with Gasteiger partial charge in [0, 0.05) is 11.6 Å². The van der Waals surface area contributed by atoms with Gasteiger partial charge in [-0.3, -0.25) is 10.1 Å². The van der Waals surface area contributed by atoms with Crippen molar-refractivity contribution in [2.45, 2.75) is 32.2 Å². The summed E-state index contributed by atoms with van der Waals surface area (Å²) in [5.41, 5.74) is -0.365. The fourth-order valence-electron chi connectivity index (χ4n) is 2.20. The topological polar surface area (TPSA) is 64.4 Å². The molecular weight excluding hydrogens is 251 g/mol. The number of ether oxygens (including phenoxy) is 1. The second-order valence-corrected chi connectivity index (χ2v) is 5.38. The monoisotopic (exact) mass is 268 g/mol. The number of nitrogens with one attached hydrogen (secondary N) is 1. The van der Waals surface area contributed by atoms with Crippen LogP contribution in [0.25, 0.3) is 0 Å². The molecule has 1 aliphatic rings. The number of benzene rings is 1. The summed E-state index contributed by atoms with van der Waals surface area (Å²) in [4.78, 5) is 10.1. The summed E-state index contributed by atoms with van der Waals surface area (Å²) >= 11 is 0. The predicted molar refractivity (Wildman–Crippen MR) is 70.0 cm³/mol. The molecule has 0 spiro atoms. The lowest BCUT2D eigenvalue weighted by Gasteiger charge is -2.27. The van der Waals surface area contributed by atoms with Crippen molar-refractivity contribution in [3.63, 3.8) is 0 Å². The number of rotatable bonds is 5. The predicted octanol–water partition coefficient (Wildman–Crippen LogP) is 3.34. The Balaban J connectivity index is 2.33. The molecule has 19 heavy (non-hydrogen) atoms. The van der Waals surface area contributed by atoms with Crippen molar-refractivity contribution in [3.05, 3.63) is 28.1 Å². The number of hydrogen-bond donors (Lipinski definition) is 1. The Bertz CT molecular complexity index is 513. The van der Waals surface area contributed by atoms with Crippen LogP contribution >= 0.6 is 0 Å². The van der Waals surface area contributed by atoms with Crippen molar-refractivity contribution >= 4 is 11.4 Å². The summed E-state index contributed by atoms with van der Waals surface area (Å²) in [6.45, 7) is 4.00. The van der Waals surface area contributed by atoms with Crippen molar-refractivity contribution in [2.24, 2.45) is 5.92 Å². The number of nitrogens with zero attached hydrogens (tertiary/aromatic N) is 1. The molecule has 6 heteroatoms. The van der Waals surface area contributed by atoms with Crippen LogP contribution in [0, 0.1) is 21.8 Å². The first-order valence-corrected chi connectivity index (χ1v) is 6.15. The zero-order valence-corrected chi connectivity index (χ0v) is 11.2. The minimum atomic E-state index is -0.655. The average molecular weight is 268 g/mol. The average Bonchev–Trinajstić information content (AvgIpc) is 3.15. The van der Waals surface area contributed by atoms with Gasteiger partial charge in [-0.05, 0) is 32.6 Å². The summed E-state index contributed by atoms with van der Waals surface area (Å²) in [5, 5.41) is 13.9. The normalized spacial score (nSPS) is 15.2. The van der Waals surface area contributed by atoms with E-state index in [0.29, 0.717) is 5.92 Å². The Morgan fingerprint density at radius 2 is 2.11 bits per heavy atom. The molecule has 0 atom stereocenters. The lowest BCUT2D eigenvalue weighted by Crippen LogP contribution is -2.33. The maximum absolute atomic E-state index is 13.9. The molecule has 0 aromatic heterocycles. The van der Waals surface area contributed by atoms with Crippen LogP contribution in [-0.4, -0.2) is 17.6 Å². The van der Waals surface area contributed by atoms with E-state index < -0.39 is 10.7 Å². The van der Waals surface area contributed by atoms with Crippen LogP contribution in [0.1, 0.15) is 26.7 Å². The van der Waals surface area contributed by atoms with Gasteiger partial charge in [0.25, 0.3) is 0 Å². The van der Waals surface area contributed by atoms with Gasteiger partial charge in [0.2, 0.25) is 0 Å². The number of hydrogen-bond acceptors (Lipinski definition) is 4. The number of anilines is 1. The first-order valence-electron chi connectivity index (χ1n) is 6.15. The van der Waals surface area contributed by atoms with Crippen molar-refractivity contribution < 1.29 is 14.1 Å². The molecule has 0 unspecified atom stereocenters. The molecule has 5 nitrogen and oxygen atoms in total. The van der Waals surface area contributed by atoms with E-state index in [2.05, 4.69) is 5.32 Å². The molecule has 1 saturated carbocycles. The fourth-order valence-corrected chi connectivity index (χ4v) is 2.20. The van der Waals surface area contributed by atoms with Crippen LogP contribution in [0.3, 0.4) is 0 Å². The van der Waals surface area contributed by atoms with Gasteiger partial charge in [-0.15, -0.1) is 0 Å². The van der Waals surface area contributed by atoms with Gasteiger partial charge in [-0.1, -0.05) is 0 Å². The highest BCUT2D eigenvalue weighted by Gasteiger charge is 2.38. The third-order valence-electron chi connectivity index (χ3n) is 3.52. The second-order valence-electron chi connectivity index (χ2n) is 5.38. The van der Waals surface area contributed by atoms with E-state index in [1.807, 2.05) is 13.8 Å². The van der Waals surface area contributed by atoms with E-state index >= 15 is 0 Å². The van der Waals surface area contributed by atoms with Gasteiger partial charge in [-0.2, -0.15) is 0 Å². The molecule has 1 N–H and O–H groups in total. The molecule has 0 aliphatic heterocycles. The van der Waals surface area contributed by atoms with Crippen LogP contribution in [0.5, 0.6) is 5.75 Å². The zero-order valence-electron chi connectivity index (χ0n) is 11.2. The Kier molecular flexibility index (Phi) is 3.34. The van der Waals surface area contributed by atoms with Crippen molar-refractivity contribution in [1.29, 1.82) is 0 Å². The lowest BCUT2D eigenvalue weighted by molar-refractivity contribution is -0.385. The Morgan fingerprint density at radius 1 is 1.47 bits per heavy atom. The molecule has 104 valence electrons. The summed E-state index contributed by atoms with van der Waals surface area (Å²) in [7, 11) is 1.33. The lowest BCUT2D eigenvalue weighted by atomic mass is 9.98. The summed E-state index contributed by atoms with van der Waals surface area (Å²) in [6, 6.07) is 2.24. The molecule has 1 aliphatic carbocycles. The van der Waals surface area contributed by atoms with Gasteiger partial charge in [0.15, 0.2) is 11.6 Å². The number of halogens is 1. The highest BCUT2D eigenvalue weighted by molar-refractivity contribution is 5.60. The molecule has 1 aromatic carbocycles. The number of nitro groups is 1. The maximum Gasteiger partial charge on any atom is 0.313 e. The second kappa shape index (κ2) is 4.68. The largest absolute Gasteiger partial charge is 0.490 e. The van der Waals surface area contributed by atoms with Crippen molar-refractivity contribution in [3.8, 4) is 5.75 Å².